The first-order valence-corrected chi connectivity index (χ1v) is 4.27. The van der Waals surface area contributed by atoms with Crippen LogP contribution in [-0.4, -0.2) is 18.8 Å². The highest BCUT2D eigenvalue weighted by Crippen LogP contribution is 2.30. The van der Waals surface area contributed by atoms with Crippen LogP contribution in [0.5, 0.6) is 5.75 Å². The number of rotatable bonds is 3. The first kappa shape index (κ1) is 10.3. The van der Waals surface area contributed by atoms with Gasteiger partial charge in [0, 0.05) is 0 Å². The van der Waals surface area contributed by atoms with Gasteiger partial charge in [-0.1, -0.05) is 23.7 Å². The zero-order valence-corrected chi connectivity index (χ0v) is 8.08. The van der Waals surface area contributed by atoms with Gasteiger partial charge in [0.05, 0.1) is 24.8 Å². The number of halogens is 1. The lowest BCUT2D eigenvalue weighted by atomic mass is 10.1. The quantitative estimate of drug-likeness (QED) is 0.776. The zero-order valence-electron chi connectivity index (χ0n) is 7.33. The van der Waals surface area contributed by atoms with Crippen molar-refractivity contribution in [1.82, 2.24) is 0 Å². The fraction of sp³-hybridized carbons (Fsp3) is 0.333. The fourth-order valence-electron chi connectivity index (χ4n) is 1.07. The summed E-state index contributed by atoms with van der Waals surface area (Å²) in [5, 5.41) is 9.32. The van der Waals surface area contributed by atoms with Gasteiger partial charge in [0.15, 0.2) is 0 Å². The number of benzene rings is 1. The van der Waals surface area contributed by atoms with Crippen molar-refractivity contribution in [2.24, 2.45) is 5.73 Å². The predicted octanol–water partition coefficient (Wildman–Crippen LogP) is 1.34. The topological polar surface area (TPSA) is 55.5 Å². The van der Waals surface area contributed by atoms with Crippen LogP contribution in [0.25, 0.3) is 0 Å². The summed E-state index contributed by atoms with van der Waals surface area (Å²) in [6, 6.07) is 4.85. The van der Waals surface area contributed by atoms with Gasteiger partial charge >= 0.3 is 0 Å². The van der Waals surface area contributed by atoms with Crippen molar-refractivity contribution in [3.8, 4) is 5.75 Å². The molecule has 0 aromatic heterocycles. The van der Waals surface area contributed by atoms with Crippen molar-refractivity contribution in [2.75, 3.05) is 13.7 Å². The second-order valence-corrected chi connectivity index (χ2v) is 3.03. The van der Waals surface area contributed by atoms with E-state index in [1.165, 1.54) is 7.11 Å². The Bertz CT molecular complexity index is 291. The molecule has 13 heavy (non-hydrogen) atoms. The van der Waals surface area contributed by atoms with Crippen LogP contribution in [0.15, 0.2) is 18.2 Å². The van der Waals surface area contributed by atoms with Gasteiger partial charge < -0.3 is 15.6 Å². The molecule has 72 valence electrons. The van der Waals surface area contributed by atoms with Crippen molar-refractivity contribution in [3.63, 3.8) is 0 Å². The van der Waals surface area contributed by atoms with Crippen LogP contribution in [-0.2, 0) is 0 Å². The minimum atomic E-state index is -0.456. The Labute approximate surface area is 82.1 Å². The second kappa shape index (κ2) is 4.46. The molecule has 4 heteroatoms. The molecule has 1 aromatic carbocycles. The molecule has 3 nitrogen and oxygen atoms in total. The molecule has 0 amide bonds. The van der Waals surface area contributed by atoms with E-state index in [9.17, 15) is 0 Å². The number of methoxy groups -OCH3 is 1. The maximum absolute atomic E-state index is 8.85. The van der Waals surface area contributed by atoms with Gasteiger partial charge in [0.2, 0.25) is 0 Å². The summed E-state index contributed by atoms with van der Waals surface area (Å²) in [7, 11) is 1.54. The van der Waals surface area contributed by atoms with Crippen LogP contribution in [0.3, 0.4) is 0 Å². The summed E-state index contributed by atoms with van der Waals surface area (Å²) < 4.78 is 5.01. The fourth-order valence-corrected chi connectivity index (χ4v) is 1.41. The van der Waals surface area contributed by atoms with Gasteiger partial charge in [-0.15, -0.1) is 0 Å². The molecular weight excluding hydrogens is 190 g/mol. The third-order valence-electron chi connectivity index (χ3n) is 1.81. The average molecular weight is 202 g/mol. The van der Waals surface area contributed by atoms with E-state index in [-0.39, 0.29) is 6.61 Å². The van der Waals surface area contributed by atoms with Gasteiger partial charge in [-0.25, -0.2) is 0 Å². The Morgan fingerprint density at radius 3 is 2.85 bits per heavy atom. The molecule has 0 aliphatic rings. The highest BCUT2D eigenvalue weighted by atomic mass is 35.5. The largest absolute Gasteiger partial charge is 0.495 e. The molecule has 0 aliphatic heterocycles. The highest BCUT2D eigenvalue weighted by Gasteiger charge is 2.11. The van der Waals surface area contributed by atoms with Crippen molar-refractivity contribution < 1.29 is 9.84 Å². The Kier molecular flexibility index (Phi) is 3.54. The normalized spacial score (nSPS) is 12.6. The minimum Gasteiger partial charge on any atom is -0.495 e. The Morgan fingerprint density at radius 2 is 2.31 bits per heavy atom. The number of ether oxygens (including phenoxy) is 1. The SMILES string of the molecule is COc1cccc([C@@H](N)CO)c1Cl. The average Bonchev–Trinajstić information content (AvgIpc) is 2.17. The molecule has 0 saturated heterocycles. The van der Waals surface area contributed by atoms with Crippen molar-refractivity contribution >= 4 is 11.6 Å². The highest BCUT2D eigenvalue weighted by molar-refractivity contribution is 6.32. The van der Waals surface area contributed by atoms with E-state index in [1.807, 2.05) is 0 Å². The third kappa shape index (κ3) is 2.12. The molecule has 1 rings (SSSR count). The lowest BCUT2D eigenvalue weighted by Gasteiger charge is -2.12. The molecule has 0 saturated carbocycles. The molecule has 1 atom stereocenters. The minimum absolute atomic E-state index is 0.132. The molecule has 0 fully saturated rings. The number of hydrogen-bond acceptors (Lipinski definition) is 3. The molecule has 0 heterocycles. The van der Waals surface area contributed by atoms with E-state index in [0.717, 1.165) is 0 Å². The molecule has 0 radical (unpaired) electrons. The number of nitrogens with two attached hydrogens (primary N) is 1. The van der Waals surface area contributed by atoms with Crippen LogP contribution in [0.1, 0.15) is 11.6 Å². The van der Waals surface area contributed by atoms with E-state index in [2.05, 4.69) is 0 Å². The first-order valence-electron chi connectivity index (χ1n) is 3.89. The maximum Gasteiger partial charge on any atom is 0.137 e. The molecule has 0 bridgehead atoms. The van der Waals surface area contributed by atoms with Gasteiger partial charge in [-0.05, 0) is 11.6 Å². The van der Waals surface area contributed by atoms with E-state index in [4.69, 9.17) is 27.2 Å². The Hall–Kier alpha value is -0.770. The maximum atomic E-state index is 8.85. The van der Waals surface area contributed by atoms with E-state index in [1.54, 1.807) is 18.2 Å². The Morgan fingerprint density at radius 1 is 1.62 bits per heavy atom. The van der Waals surface area contributed by atoms with E-state index in [0.29, 0.717) is 16.3 Å². The summed E-state index contributed by atoms with van der Waals surface area (Å²) in [5.74, 6) is 0.572. The van der Waals surface area contributed by atoms with Gasteiger partial charge in [-0.2, -0.15) is 0 Å². The summed E-state index contributed by atoms with van der Waals surface area (Å²) >= 11 is 5.97. The van der Waals surface area contributed by atoms with Crippen LogP contribution in [0, 0.1) is 0 Å². The summed E-state index contributed by atoms with van der Waals surface area (Å²) in [4.78, 5) is 0. The summed E-state index contributed by atoms with van der Waals surface area (Å²) in [6.07, 6.45) is 0. The molecule has 0 unspecified atom stereocenters. The Balaban J connectivity index is 3.08. The van der Waals surface area contributed by atoms with E-state index >= 15 is 0 Å². The van der Waals surface area contributed by atoms with Crippen LogP contribution < -0.4 is 10.5 Å². The first-order chi connectivity index (χ1) is 6.20. The molecule has 0 spiro atoms. The van der Waals surface area contributed by atoms with Crippen molar-refractivity contribution in [2.45, 2.75) is 6.04 Å². The van der Waals surface area contributed by atoms with Gasteiger partial charge in [0.25, 0.3) is 0 Å². The molecule has 0 aliphatic carbocycles. The monoisotopic (exact) mass is 201 g/mol. The second-order valence-electron chi connectivity index (χ2n) is 2.65. The zero-order chi connectivity index (χ0) is 9.84. The standard InChI is InChI=1S/C9H12ClNO2/c1-13-8-4-2-3-6(9(8)10)7(11)5-12/h2-4,7,12H,5,11H2,1H3/t7-/m0/s1. The lowest BCUT2D eigenvalue weighted by Crippen LogP contribution is -2.15. The predicted molar refractivity (Wildman–Crippen MR) is 52.0 cm³/mol. The van der Waals surface area contributed by atoms with Crippen LogP contribution >= 0.6 is 11.6 Å². The third-order valence-corrected chi connectivity index (χ3v) is 2.21. The van der Waals surface area contributed by atoms with Crippen LogP contribution in [0.2, 0.25) is 5.02 Å². The van der Waals surface area contributed by atoms with Gasteiger partial charge in [0.1, 0.15) is 5.75 Å². The smallest absolute Gasteiger partial charge is 0.137 e. The number of aliphatic hydroxyl groups excluding tert-OH is 1. The summed E-state index contributed by atoms with van der Waals surface area (Å²) in [5.41, 5.74) is 6.33. The van der Waals surface area contributed by atoms with Crippen molar-refractivity contribution in [1.29, 1.82) is 0 Å². The molecule has 3 N–H and O–H groups in total. The summed E-state index contributed by atoms with van der Waals surface area (Å²) in [6.45, 7) is -0.132. The number of aliphatic hydroxyl groups is 1. The van der Waals surface area contributed by atoms with Crippen molar-refractivity contribution in [3.05, 3.63) is 28.8 Å². The number of hydrogen-bond donors (Lipinski definition) is 2. The van der Waals surface area contributed by atoms with E-state index < -0.39 is 6.04 Å². The lowest BCUT2D eigenvalue weighted by molar-refractivity contribution is 0.267. The van der Waals surface area contributed by atoms with Gasteiger partial charge in [-0.3, -0.25) is 0 Å². The molecule has 1 aromatic rings. The molecular formula is C9H12ClNO2. The van der Waals surface area contributed by atoms with Crippen LogP contribution in [0.4, 0.5) is 0 Å².